The number of ether oxygens (including phenoxy) is 1. The number of carbonyl (C=O) groups excluding carboxylic acids is 1. The van der Waals surface area contributed by atoms with Gasteiger partial charge in [-0.1, -0.05) is 50.6 Å². The fraction of sp³-hybridized carbons (Fsp3) is 0.562. The van der Waals surface area contributed by atoms with Crippen LogP contribution in [0.15, 0.2) is 30.3 Å². The molecule has 110 valence electrons. The Kier molecular flexibility index (Phi) is 4.33. The van der Waals surface area contributed by atoms with Crippen LogP contribution in [0.25, 0.3) is 0 Å². The molecule has 0 bridgehead atoms. The van der Waals surface area contributed by atoms with Crippen molar-refractivity contribution in [2.75, 3.05) is 6.61 Å². The predicted molar refractivity (Wildman–Crippen MR) is 77.2 cm³/mol. The minimum Gasteiger partial charge on any atom is -0.445 e. The summed E-state index contributed by atoms with van der Waals surface area (Å²) in [5, 5.41) is 12.6. The molecule has 0 heterocycles. The van der Waals surface area contributed by atoms with E-state index in [0.29, 0.717) is 0 Å². The van der Waals surface area contributed by atoms with Crippen LogP contribution in [0.5, 0.6) is 0 Å². The third kappa shape index (κ3) is 2.96. The summed E-state index contributed by atoms with van der Waals surface area (Å²) in [5.41, 5.74) is 0.264. The highest BCUT2D eigenvalue weighted by atomic mass is 16.5. The fourth-order valence-electron chi connectivity index (χ4n) is 2.93. The molecule has 4 nitrogen and oxygen atoms in total. The van der Waals surface area contributed by atoms with E-state index in [9.17, 15) is 9.90 Å². The van der Waals surface area contributed by atoms with E-state index >= 15 is 0 Å². The zero-order valence-electron chi connectivity index (χ0n) is 12.2. The minimum absolute atomic E-state index is 0.0551. The zero-order chi connectivity index (χ0) is 14.6. The van der Waals surface area contributed by atoms with Gasteiger partial charge in [0.2, 0.25) is 0 Å². The minimum atomic E-state index is -0.569. The van der Waals surface area contributed by atoms with Crippen molar-refractivity contribution in [3.63, 3.8) is 0 Å². The summed E-state index contributed by atoms with van der Waals surface area (Å²) >= 11 is 0. The van der Waals surface area contributed by atoms with Crippen molar-refractivity contribution in [3.8, 4) is 0 Å². The highest BCUT2D eigenvalue weighted by molar-refractivity contribution is 5.68. The molecule has 2 rings (SSSR count). The summed E-state index contributed by atoms with van der Waals surface area (Å²) in [6.45, 7) is 4.34. The second kappa shape index (κ2) is 5.83. The highest BCUT2D eigenvalue weighted by Gasteiger charge is 2.49. The summed E-state index contributed by atoms with van der Waals surface area (Å²) in [4.78, 5) is 12.0. The first-order valence-corrected chi connectivity index (χ1v) is 7.09. The highest BCUT2D eigenvalue weighted by Crippen LogP contribution is 2.45. The average Bonchev–Trinajstić information content (AvgIpc) is 2.73. The van der Waals surface area contributed by atoms with Crippen LogP contribution in [0.3, 0.4) is 0 Å². The summed E-state index contributed by atoms with van der Waals surface area (Å²) in [6, 6.07) is 9.56. The Hall–Kier alpha value is -1.55. The van der Waals surface area contributed by atoms with E-state index in [1.54, 1.807) is 0 Å². The van der Waals surface area contributed by atoms with Crippen molar-refractivity contribution < 1.29 is 14.6 Å². The van der Waals surface area contributed by atoms with E-state index in [1.807, 2.05) is 30.3 Å². The smallest absolute Gasteiger partial charge is 0.407 e. The van der Waals surface area contributed by atoms with Crippen LogP contribution in [0, 0.1) is 5.41 Å². The van der Waals surface area contributed by atoms with Crippen LogP contribution >= 0.6 is 0 Å². The van der Waals surface area contributed by atoms with Crippen molar-refractivity contribution in [3.05, 3.63) is 35.9 Å². The lowest BCUT2D eigenvalue weighted by molar-refractivity contribution is 0.0596. The molecule has 0 radical (unpaired) electrons. The lowest BCUT2D eigenvalue weighted by Crippen LogP contribution is -2.57. The lowest BCUT2D eigenvalue weighted by Gasteiger charge is -2.40. The Morgan fingerprint density at radius 2 is 2.00 bits per heavy atom. The zero-order valence-corrected chi connectivity index (χ0v) is 12.2. The van der Waals surface area contributed by atoms with E-state index in [0.717, 1.165) is 24.8 Å². The largest absolute Gasteiger partial charge is 0.445 e. The molecule has 1 amide bonds. The van der Waals surface area contributed by atoms with Crippen molar-refractivity contribution in [1.82, 2.24) is 5.32 Å². The van der Waals surface area contributed by atoms with E-state index in [-0.39, 0.29) is 18.6 Å². The maximum absolute atomic E-state index is 12.0. The van der Waals surface area contributed by atoms with E-state index in [2.05, 4.69) is 19.2 Å². The van der Waals surface area contributed by atoms with Crippen molar-refractivity contribution in [1.29, 1.82) is 0 Å². The molecule has 1 aromatic rings. The molecule has 1 aromatic carbocycles. The molecular weight excluding hydrogens is 254 g/mol. The standard InChI is InChI=1S/C16H23NO3/c1-15(2)9-6-10-16(15,12-18)17-14(19)20-11-13-7-4-3-5-8-13/h3-5,7-8,18H,6,9-12H2,1-2H3,(H,17,19). The Morgan fingerprint density at radius 3 is 2.55 bits per heavy atom. The maximum atomic E-state index is 12.0. The molecule has 1 fully saturated rings. The number of nitrogens with one attached hydrogen (secondary N) is 1. The van der Waals surface area contributed by atoms with Gasteiger partial charge in [0.1, 0.15) is 6.61 Å². The molecule has 0 aliphatic heterocycles. The molecule has 1 aliphatic rings. The quantitative estimate of drug-likeness (QED) is 0.889. The molecule has 0 spiro atoms. The first kappa shape index (κ1) is 14.9. The summed E-state index contributed by atoms with van der Waals surface area (Å²) in [5.74, 6) is 0. The SMILES string of the molecule is CC1(C)CCCC1(CO)NC(=O)OCc1ccccc1. The van der Waals surface area contributed by atoms with Gasteiger partial charge in [0.25, 0.3) is 0 Å². The van der Waals surface area contributed by atoms with Gasteiger partial charge < -0.3 is 15.2 Å². The average molecular weight is 277 g/mol. The number of rotatable bonds is 4. The molecule has 4 heteroatoms. The van der Waals surface area contributed by atoms with Crippen LogP contribution in [0.2, 0.25) is 0 Å². The lowest BCUT2D eigenvalue weighted by atomic mass is 9.75. The van der Waals surface area contributed by atoms with E-state index in [1.165, 1.54) is 0 Å². The van der Waals surface area contributed by atoms with Gasteiger partial charge in [-0.3, -0.25) is 0 Å². The first-order valence-electron chi connectivity index (χ1n) is 7.09. The van der Waals surface area contributed by atoms with Crippen LogP contribution in [0.4, 0.5) is 4.79 Å². The van der Waals surface area contributed by atoms with Crippen molar-refractivity contribution in [2.24, 2.45) is 5.41 Å². The van der Waals surface area contributed by atoms with Gasteiger partial charge in [0, 0.05) is 0 Å². The number of hydrogen-bond donors (Lipinski definition) is 2. The summed E-state index contributed by atoms with van der Waals surface area (Å²) in [6.07, 6.45) is 2.33. The van der Waals surface area contributed by atoms with Crippen LogP contribution in [-0.4, -0.2) is 23.3 Å². The molecule has 1 saturated carbocycles. The predicted octanol–water partition coefficient (Wildman–Crippen LogP) is 2.85. The monoisotopic (exact) mass is 277 g/mol. The number of alkyl carbamates (subject to hydrolysis) is 1. The number of carbonyl (C=O) groups is 1. The Bertz CT molecular complexity index is 458. The maximum Gasteiger partial charge on any atom is 0.407 e. The van der Waals surface area contributed by atoms with Gasteiger partial charge in [-0.25, -0.2) is 4.79 Å². The van der Waals surface area contributed by atoms with Crippen LogP contribution in [-0.2, 0) is 11.3 Å². The van der Waals surface area contributed by atoms with E-state index < -0.39 is 11.6 Å². The number of aliphatic hydroxyl groups excluding tert-OH is 1. The molecule has 1 aliphatic carbocycles. The molecule has 0 saturated heterocycles. The van der Waals surface area contributed by atoms with Crippen molar-refractivity contribution in [2.45, 2.75) is 45.3 Å². The molecule has 1 atom stereocenters. The van der Waals surface area contributed by atoms with Gasteiger partial charge in [0.15, 0.2) is 0 Å². The van der Waals surface area contributed by atoms with Crippen LogP contribution in [0.1, 0.15) is 38.7 Å². The third-order valence-corrected chi connectivity index (χ3v) is 4.52. The van der Waals surface area contributed by atoms with Gasteiger partial charge >= 0.3 is 6.09 Å². The van der Waals surface area contributed by atoms with E-state index in [4.69, 9.17) is 4.74 Å². The molecule has 2 N–H and O–H groups in total. The second-order valence-corrected chi connectivity index (χ2v) is 6.16. The Balaban J connectivity index is 1.93. The number of aliphatic hydroxyl groups is 1. The van der Waals surface area contributed by atoms with Gasteiger partial charge in [-0.15, -0.1) is 0 Å². The molecule has 0 aromatic heterocycles. The topological polar surface area (TPSA) is 58.6 Å². The fourth-order valence-corrected chi connectivity index (χ4v) is 2.93. The molecule has 1 unspecified atom stereocenters. The van der Waals surface area contributed by atoms with Gasteiger partial charge in [-0.05, 0) is 23.8 Å². The summed E-state index contributed by atoms with van der Waals surface area (Å²) < 4.78 is 5.25. The van der Waals surface area contributed by atoms with Crippen LogP contribution < -0.4 is 5.32 Å². The first-order chi connectivity index (χ1) is 9.49. The second-order valence-electron chi connectivity index (χ2n) is 6.16. The normalized spacial score (nSPS) is 24.4. The number of benzene rings is 1. The molecular formula is C16H23NO3. The Morgan fingerprint density at radius 1 is 1.30 bits per heavy atom. The van der Waals surface area contributed by atoms with Gasteiger partial charge in [0.05, 0.1) is 12.1 Å². The van der Waals surface area contributed by atoms with Crippen molar-refractivity contribution >= 4 is 6.09 Å². The summed E-state index contributed by atoms with van der Waals surface area (Å²) in [7, 11) is 0. The van der Waals surface area contributed by atoms with Gasteiger partial charge in [-0.2, -0.15) is 0 Å². The third-order valence-electron chi connectivity index (χ3n) is 4.52. The number of hydrogen-bond acceptors (Lipinski definition) is 3. The number of amides is 1. The molecule has 20 heavy (non-hydrogen) atoms. The Labute approximate surface area is 120 Å².